The molecule has 0 saturated heterocycles. The van der Waals surface area contributed by atoms with E-state index in [0.29, 0.717) is 22.4 Å². The van der Waals surface area contributed by atoms with Crippen LogP contribution in [-0.2, 0) is 0 Å². The Kier molecular flexibility index (Phi) is 3.26. The summed E-state index contributed by atoms with van der Waals surface area (Å²) in [7, 11) is 0. The summed E-state index contributed by atoms with van der Waals surface area (Å²) in [5, 5.41) is 9.80. The molecule has 3 nitrogen and oxygen atoms in total. The van der Waals surface area contributed by atoms with Crippen molar-refractivity contribution in [3.05, 3.63) is 15.6 Å². The molecule has 1 N–H and O–H groups in total. The second kappa shape index (κ2) is 4.09. The van der Waals surface area contributed by atoms with E-state index in [9.17, 15) is 4.79 Å². The van der Waals surface area contributed by atoms with Gasteiger partial charge in [-0.15, -0.1) is 11.3 Å². The Morgan fingerprint density at radius 3 is 2.36 bits per heavy atom. The zero-order chi connectivity index (χ0) is 10.9. The molecule has 1 aromatic heterocycles. The molecular formula is C10H15NO2S. The number of carboxylic acids is 1. The van der Waals surface area contributed by atoms with E-state index in [1.807, 2.05) is 0 Å². The van der Waals surface area contributed by atoms with Crippen LogP contribution in [-0.4, -0.2) is 16.1 Å². The molecule has 0 saturated carbocycles. The predicted molar refractivity (Wildman–Crippen MR) is 57.1 cm³/mol. The first-order valence-electron chi connectivity index (χ1n) is 4.64. The smallest absolute Gasteiger partial charge is 0.347 e. The number of rotatable bonds is 3. The molecule has 1 unspecified atom stereocenters. The number of thiazole rings is 1. The monoisotopic (exact) mass is 213 g/mol. The highest BCUT2D eigenvalue weighted by Crippen LogP contribution is 2.29. The Balaban J connectivity index is 3.02. The van der Waals surface area contributed by atoms with E-state index in [2.05, 4.69) is 25.8 Å². The molecule has 1 aromatic rings. The first-order valence-corrected chi connectivity index (χ1v) is 5.45. The van der Waals surface area contributed by atoms with E-state index < -0.39 is 5.97 Å². The molecule has 0 amide bonds. The van der Waals surface area contributed by atoms with Gasteiger partial charge in [0.2, 0.25) is 0 Å². The molecular weight excluding hydrogens is 198 g/mol. The number of carboxylic acid groups (broad SMARTS) is 1. The van der Waals surface area contributed by atoms with E-state index in [1.54, 1.807) is 6.92 Å². The van der Waals surface area contributed by atoms with E-state index in [1.165, 1.54) is 11.3 Å². The maximum Gasteiger partial charge on any atom is 0.347 e. The minimum atomic E-state index is -0.873. The van der Waals surface area contributed by atoms with Crippen molar-refractivity contribution in [2.75, 3.05) is 0 Å². The third-order valence-electron chi connectivity index (χ3n) is 2.40. The Morgan fingerprint density at radius 1 is 1.43 bits per heavy atom. The lowest BCUT2D eigenvalue weighted by molar-refractivity contribution is 0.0701. The molecule has 78 valence electrons. The van der Waals surface area contributed by atoms with Gasteiger partial charge in [-0.25, -0.2) is 9.78 Å². The van der Waals surface area contributed by atoms with E-state index in [4.69, 9.17) is 5.11 Å². The van der Waals surface area contributed by atoms with Gasteiger partial charge < -0.3 is 5.11 Å². The number of aromatic carboxylic acids is 1. The second-order valence-electron chi connectivity index (χ2n) is 3.80. The molecule has 0 aromatic carbocycles. The summed E-state index contributed by atoms with van der Waals surface area (Å²) in [4.78, 5) is 15.5. The summed E-state index contributed by atoms with van der Waals surface area (Å²) in [6.07, 6.45) is 0. The molecule has 0 radical (unpaired) electrons. The van der Waals surface area contributed by atoms with Crippen molar-refractivity contribution < 1.29 is 9.90 Å². The third kappa shape index (κ3) is 2.12. The third-order valence-corrected chi connectivity index (χ3v) is 3.74. The van der Waals surface area contributed by atoms with Crippen molar-refractivity contribution in [2.45, 2.75) is 33.6 Å². The summed E-state index contributed by atoms with van der Waals surface area (Å²) in [5.41, 5.74) is 0.630. The van der Waals surface area contributed by atoms with Crippen LogP contribution in [0.5, 0.6) is 0 Å². The predicted octanol–water partition coefficient (Wildman–Crippen LogP) is 2.91. The number of carbonyl (C=O) groups is 1. The normalized spacial score (nSPS) is 13.2. The molecule has 1 heterocycles. The average Bonchev–Trinajstić information content (AvgIpc) is 2.45. The molecule has 0 bridgehead atoms. The Morgan fingerprint density at radius 2 is 2.00 bits per heavy atom. The summed E-state index contributed by atoms with van der Waals surface area (Å²) in [6.45, 7) is 8.05. The largest absolute Gasteiger partial charge is 0.477 e. The van der Waals surface area contributed by atoms with Crippen LogP contribution in [0, 0.1) is 12.8 Å². The minimum absolute atomic E-state index is 0.326. The van der Waals surface area contributed by atoms with Crippen LogP contribution in [0.4, 0.5) is 0 Å². The van der Waals surface area contributed by atoms with Gasteiger partial charge in [-0.1, -0.05) is 20.8 Å². The molecule has 4 heteroatoms. The molecule has 14 heavy (non-hydrogen) atoms. The van der Waals surface area contributed by atoms with Crippen molar-refractivity contribution in [2.24, 2.45) is 5.92 Å². The Bertz CT molecular complexity index is 344. The van der Waals surface area contributed by atoms with Gasteiger partial charge in [-0.05, 0) is 12.8 Å². The number of aromatic nitrogens is 1. The Hall–Kier alpha value is -0.900. The summed E-state index contributed by atoms with van der Waals surface area (Å²) >= 11 is 1.29. The van der Waals surface area contributed by atoms with Crippen molar-refractivity contribution in [1.82, 2.24) is 4.98 Å². The minimum Gasteiger partial charge on any atom is -0.477 e. The first-order chi connectivity index (χ1) is 6.43. The Labute approximate surface area is 87.8 Å². The van der Waals surface area contributed by atoms with Crippen molar-refractivity contribution in [3.8, 4) is 0 Å². The van der Waals surface area contributed by atoms with Gasteiger partial charge in [0.15, 0.2) is 0 Å². The van der Waals surface area contributed by atoms with Crippen LogP contribution < -0.4 is 0 Å². The SMILES string of the molecule is Cc1nc(C(C)C(C)C)sc1C(=O)O. The van der Waals surface area contributed by atoms with Crippen molar-refractivity contribution in [3.63, 3.8) is 0 Å². The zero-order valence-corrected chi connectivity index (χ0v) is 9.68. The first kappa shape index (κ1) is 11.2. The highest BCUT2D eigenvalue weighted by Gasteiger charge is 2.19. The van der Waals surface area contributed by atoms with Crippen LogP contribution in [0.1, 0.15) is 47.1 Å². The number of nitrogens with zero attached hydrogens (tertiary/aromatic N) is 1. The van der Waals surface area contributed by atoms with Crippen LogP contribution >= 0.6 is 11.3 Å². The average molecular weight is 213 g/mol. The van der Waals surface area contributed by atoms with Crippen LogP contribution in [0.3, 0.4) is 0 Å². The van der Waals surface area contributed by atoms with Gasteiger partial charge in [0.1, 0.15) is 4.88 Å². The van der Waals surface area contributed by atoms with Crippen molar-refractivity contribution in [1.29, 1.82) is 0 Å². The topological polar surface area (TPSA) is 50.2 Å². The lowest BCUT2D eigenvalue weighted by Crippen LogP contribution is -2.00. The summed E-state index contributed by atoms with van der Waals surface area (Å²) in [6, 6.07) is 0. The fourth-order valence-corrected chi connectivity index (χ4v) is 2.23. The second-order valence-corrected chi connectivity index (χ2v) is 4.84. The number of hydrogen-bond acceptors (Lipinski definition) is 3. The lowest BCUT2D eigenvalue weighted by atomic mass is 9.99. The van der Waals surface area contributed by atoms with Crippen molar-refractivity contribution >= 4 is 17.3 Å². The molecule has 0 aliphatic carbocycles. The quantitative estimate of drug-likeness (QED) is 0.839. The molecule has 1 atom stereocenters. The molecule has 0 aliphatic rings. The molecule has 0 aliphatic heterocycles. The molecule has 1 rings (SSSR count). The number of hydrogen-bond donors (Lipinski definition) is 1. The maximum atomic E-state index is 10.8. The van der Waals surface area contributed by atoms with Gasteiger partial charge in [0.25, 0.3) is 0 Å². The van der Waals surface area contributed by atoms with E-state index in [-0.39, 0.29) is 0 Å². The van der Waals surface area contributed by atoms with Gasteiger partial charge in [-0.3, -0.25) is 0 Å². The van der Waals surface area contributed by atoms with E-state index in [0.717, 1.165) is 5.01 Å². The molecule has 0 spiro atoms. The summed E-state index contributed by atoms with van der Waals surface area (Å²) < 4.78 is 0. The van der Waals surface area contributed by atoms with E-state index >= 15 is 0 Å². The van der Waals surface area contributed by atoms with Crippen LogP contribution in [0.2, 0.25) is 0 Å². The van der Waals surface area contributed by atoms with Gasteiger partial charge >= 0.3 is 5.97 Å². The van der Waals surface area contributed by atoms with Crippen LogP contribution in [0.25, 0.3) is 0 Å². The van der Waals surface area contributed by atoms with Gasteiger partial charge in [0.05, 0.1) is 10.7 Å². The maximum absolute atomic E-state index is 10.8. The summed E-state index contributed by atoms with van der Waals surface area (Å²) in [5.74, 6) is -0.0591. The highest BCUT2D eigenvalue weighted by atomic mass is 32.1. The fraction of sp³-hybridized carbons (Fsp3) is 0.600. The number of aryl methyl sites for hydroxylation is 1. The standard InChI is InChI=1S/C10H15NO2S/c1-5(2)6(3)9-11-7(4)8(14-9)10(12)13/h5-6H,1-4H3,(H,12,13). The van der Waals surface area contributed by atoms with Gasteiger partial charge in [-0.2, -0.15) is 0 Å². The fourth-order valence-electron chi connectivity index (χ4n) is 1.10. The highest BCUT2D eigenvalue weighted by molar-refractivity contribution is 7.13. The molecule has 0 fully saturated rings. The lowest BCUT2D eigenvalue weighted by Gasteiger charge is -2.11. The van der Waals surface area contributed by atoms with Crippen LogP contribution in [0.15, 0.2) is 0 Å². The zero-order valence-electron chi connectivity index (χ0n) is 8.87. The van der Waals surface area contributed by atoms with Gasteiger partial charge in [0, 0.05) is 5.92 Å².